The lowest BCUT2D eigenvalue weighted by Gasteiger charge is -2.08. The fraction of sp³-hybridized carbons (Fsp3) is 0.312. The number of ketones is 1. The van der Waals surface area contributed by atoms with E-state index in [0.29, 0.717) is 17.0 Å². The summed E-state index contributed by atoms with van der Waals surface area (Å²) in [5.41, 5.74) is 1.25. The number of carbonyl (C=O) groups excluding carboxylic acids is 2. The van der Waals surface area contributed by atoms with Crippen LogP contribution in [0.4, 0.5) is 4.39 Å². The number of rotatable bonds is 6. The van der Waals surface area contributed by atoms with Crippen LogP contribution in [0.3, 0.4) is 0 Å². The molecule has 0 radical (unpaired) electrons. The van der Waals surface area contributed by atoms with E-state index >= 15 is 0 Å². The summed E-state index contributed by atoms with van der Waals surface area (Å²) in [5, 5.41) is 3.74. The molecule has 0 aliphatic rings. The zero-order valence-electron chi connectivity index (χ0n) is 13.0. The molecular weight excluding hydrogens is 305 g/mol. The van der Waals surface area contributed by atoms with Gasteiger partial charge in [0, 0.05) is 5.56 Å². The Labute approximate surface area is 132 Å². The minimum absolute atomic E-state index is 0.0256. The van der Waals surface area contributed by atoms with Gasteiger partial charge >= 0.3 is 5.97 Å². The number of nitrogens with zero attached hydrogens (tertiary/aromatic N) is 1. The summed E-state index contributed by atoms with van der Waals surface area (Å²) in [6.07, 6.45) is -0.0469. The number of benzene rings is 1. The monoisotopic (exact) mass is 321 g/mol. The topological polar surface area (TPSA) is 78.6 Å². The lowest BCUT2D eigenvalue weighted by Crippen LogP contribution is -2.17. The zero-order chi connectivity index (χ0) is 17.0. The molecular formula is C16H16FNO5. The summed E-state index contributed by atoms with van der Waals surface area (Å²) in [7, 11) is 1.37. The normalized spacial score (nSPS) is 10.4. The molecule has 0 spiro atoms. The first kappa shape index (κ1) is 16.7. The van der Waals surface area contributed by atoms with Crippen LogP contribution >= 0.6 is 0 Å². The molecule has 1 aromatic carbocycles. The molecule has 0 aliphatic heterocycles. The molecule has 0 saturated heterocycles. The second-order valence-electron chi connectivity index (χ2n) is 4.91. The number of Topliss-reactive ketones (excluding diaryl/α,β-unsaturated/α-hetero) is 1. The van der Waals surface area contributed by atoms with Gasteiger partial charge in [-0.3, -0.25) is 9.59 Å². The molecule has 0 amide bonds. The molecule has 1 aromatic heterocycles. The standard InChI is InChI=1S/C16H16FNO5/c1-9-12(10(2)23-18-9)7-16(20)22-8-14(19)13-6-11(17)4-5-15(13)21-3/h4-6H,7-8H2,1-3H3. The summed E-state index contributed by atoms with van der Waals surface area (Å²) in [6.45, 7) is 2.90. The number of methoxy groups -OCH3 is 1. The maximum Gasteiger partial charge on any atom is 0.310 e. The van der Waals surface area contributed by atoms with Crippen LogP contribution in [0.15, 0.2) is 22.7 Å². The predicted molar refractivity (Wildman–Crippen MR) is 77.9 cm³/mol. The molecule has 0 N–H and O–H groups in total. The molecule has 122 valence electrons. The van der Waals surface area contributed by atoms with E-state index in [1.165, 1.54) is 19.2 Å². The van der Waals surface area contributed by atoms with Crippen LogP contribution in [0.5, 0.6) is 5.75 Å². The van der Waals surface area contributed by atoms with Crippen LogP contribution in [-0.4, -0.2) is 30.6 Å². The van der Waals surface area contributed by atoms with Crippen molar-refractivity contribution < 1.29 is 28.0 Å². The van der Waals surface area contributed by atoms with Crippen molar-refractivity contribution in [1.82, 2.24) is 5.16 Å². The van der Waals surface area contributed by atoms with E-state index in [-0.39, 0.29) is 17.7 Å². The summed E-state index contributed by atoms with van der Waals surface area (Å²) in [4.78, 5) is 23.9. The van der Waals surface area contributed by atoms with Gasteiger partial charge in [0.1, 0.15) is 17.3 Å². The molecule has 0 aliphatic carbocycles. The van der Waals surface area contributed by atoms with Crippen LogP contribution in [0.2, 0.25) is 0 Å². The molecule has 2 aromatic rings. The van der Waals surface area contributed by atoms with Crippen LogP contribution < -0.4 is 4.74 Å². The molecule has 0 unspecified atom stereocenters. The Morgan fingerprint density at radius 1 is 1.30 bits per heavy atom. The third-order valence-corrected chi connectivity index (χ3v) is 3.33. The third kappa shape index (κ3) is 3.94. The van der Waals surface area contributed by atoms with Gasteiger partial charge in [-0.05, 0) is 32.0 Å². The lowest BCUT2D eigenvalue weighted by atomic mass is 10.1. The zero-order valence-corrected chi connectivity index (χ0v) is 13.0. The Hall–Kier alpha value is -2.70. The first-order chi connectivity index (χ1) is 10.9. The van der Waals surface area contributed by atoms with E-state index in [1.807, 2.05) is 0 Å². The van der Waals surface area contributed by atoms with Crippen molar-refractivity contribution in [1.29, 1.82) is 0 Å². The molecule has 0 atom stereocenters. The van der Waals surface area contributed by atoms with Crippen molar-refractivity contribution in [2.75, 3.05) is 13.7 Å². The number of aryl methyl sites for hydroxylation is 2. The first-order valence-electron chi connectivity index (χ1n) is 6.86. The smallest absolute Gasteiger partial charge is 0.310 e. The van der Waals surface area contributed by atoms with Crippen LogP contribution in [0.25, 0.3) is 0 Å². The van der Waals surface area contributed by atoms with Gasteiger partial charge in [-0.25, -0.2) is 4.39 Å². The molecule has 0 bridgehead atoms. The first-order valence-corrected chi connectivity index (χ1v) is 6.86. The highest BCUT2D eigenvalue weighted by atomic mass is 19.1. The molecule has 0 fully saturated rings. The molecule has 2 rings (SSSR count). The second kappa shape index (κ2) is 7.04. The van der Waals surface area contributed by atoms with Crippen molar-refractivity contribution in [2.45, 2.75) is 20.3 Å². The fourth-order valence-corrected chi connectivity index (χ4v) is 2.07. The van der Waals surface area contributed by atoms with Gasteiger partial charge in [-0.1, -0.05) is 5.16 Å². The van der Waals surface area contributed by atoms with E-state index in [9.17, 15) is 14.0 Å². The van der Waals surface area contributed by atoms with E-state index in [4.69, 9.17) is 14.0 Å². The number of ether oxygens (including phenoxy) is 2. The van der Waals surface area contributed by atoms with Crippen molar-refractivity contribution in [3.63, 3.8) is 0 Å². The largest absolute Gasteiger partial charge is 0.496 e. The molecule has 7 heteroatoms. The van der Waals surface area contributed by atoms with Crippen molar-refractivity contribution in [3.05, 3.63) is 46.6 Å². The van der Waals surface area contributed by atoms with Crippen LogP contribution in [-0.2, 0) is 16.0 Å². The maximum absolute atomic E-state index is 13.3. The second-order valence-corrected chi connectivity index (χ2v) is 4.91. The van der Waals surface area contributed by atoms with E-state index in [0.717, 1.165) is 6.07 Å². The maximum atomic E-state index is 13.3. The van der Waals surface area contributed by atoms with Gasteiger partial charge in [0.2, 0.25) is 5.78 Å². The molecule has 6 nitrogen and oxygen atoms in total. The minimum atomic E-state index is -0.594. The number of halogens is 1. The Bertz CT molecular complexity index is 719. The van der Waals surface area contributed by atoms with Gasteiger partial charge in [0.25, 0.3) is 0 Å². The number of aromatic nitrogens is 1. The van der Waals surface area contributed by atoms with Crippen molar-refractivity contribution >= 4 is 11.8 Å². The van der Waals surface area contributed by atoms with Crippen LogP contribution in [0.1, 0.15) is 27.4 Å². The Balaban J connectivity index is 1.99. The summed E-state index contributed by atoms with van der Waals surface area (Å²) < 4.78 is 28.1. The number of esters is 1. The van der Waals surface area contributed by atoms with E-state index < -0.39 is 24.2 Å². The van der Waals surface area contributed by atoms with Gasteiger partial charge in [-0.15, -0.1) is 0 Å². The summed E-state index contributed by atoms with van der Waals surface area (Å²) in [6, 6.07) is 3.57. The Kier molecular flexibility index (Phi) is 5.10. The molecule has 23 heavy (non-hydrogen) atoms. The van der Waals surface area contributed by atoms with E-state index in [2.05, 4.69) is 5.16 Å². The SMILES string of the molecule is COc1ccc(F)cc1C(=O)COC(=O)Cc1c(C)noc1C. The quantitative estimate of drug-likeness (QED) is 0.600. The average molecular weight is 321 g/mol. The van der Waals surface area contributed by atoms with Crippen LogP contribution in [0, 0.1) is 19.7 Å². The number of hydrogen-bond donors (Lipinski definition) is 0. The predicted octanol–water partition coefficient (Wildman–Crippen LogP) is 2.41. The minimum Gasteiger partial charge on any atom is -0.496 e. The third-order valence-electron chi connectivity index (χ3n) is 3.33. The highest BCUT2D eigenvalue weighted by molar-refractivity contribution is 6.00. The molecule has 0 saturated carbocycles. The summed E-state index contributed by atoms with van der Waals surface area (Å²) in [5.74, 6) is -0.969. The van der Waals surface area contributed by atoms with Gasteiger partial charge in [-0.2, -0.15) is 0 Å². The van der Waals surface area contributed by atoms with Crippen molar-refractivity contribution in [2.24, 2.45) is 0 Å². The Morgan fingerprint density at radius 3 is 2.65 bits per heavy atom. The van der Waals surface area contributed by atoms with Gasteiger partial charge < -0.3 is 14.0 Å². The van der Waals surface area contributed by atoms with E-state index in [1.54, 1.807) is 13.8 Å². The summed E-state index contributed by atoms with van der Waals surface area (Å²) >= 11 is 0. The average Bonchev–Trinajstić information content (AvgIpc) is 2.84. The number of hydrogen-bond acceptors (Lipinski definition) is 6. The molecule has 1 heterocycles. The fourth-order valence-electron chi connectivity index (χ4n) is 2.07. The number of carbonyl (C=O) groups is 2. The highest BCUT2D eigenvalue weighted by Crippen LogP contribution is 2.20. The Morgan fingerprint density at radius 2 is 2.04 bits per heavy atom. The van der Waals surface area contributed by atoms with Crippen molar-refractivity contribution in [3.8, 4) is 5.75 Å². The van der Waals surface area contributed by atoms with Gasteiger partial charge in [0.05, 0.1) is 24.8 Å². The van der Waals surface area contributed by atoms with Gasteiger partial charge in [0.15, 0.2) is 6.61 Å². The lowest BCUT2D eigenvalue weighted by molar-refractivity contribution is -0.141. The highest BCUT2D eigenvalue weighted by Gasteiger charge is 2.18.